The van der Waals surface area contributed by atoms with Gasteiger partial charge in [-0.1, -0.05) is 34.6 Å². The van der Waals surface area contributed by atoms with E-state index in [1.165, 1.54) is 0 Å². The van der Waals surface area contributed by atoms with Gasteiger partial charge in [0.1, 0.15) is 17.5 Å². The average Bonchev–Trinajstić information content (AvgIpc) is 2.36. The van der Waals surface area contributed by atoms with Crippen LogP contribution in [0.3, 0.4) is 0 Å². The van der Waals surface area contributed by atoms with Gasteiger partial charge >= 0.3 is 0 Å². The van der Waals surface area contributed by atoms with Crippen molar-refractivity contribution in [1.29, 1.82) is 0 Å². The Hall–Kier alpha value is -1.32. The Morgan fingerprint density at radius 1 is 1.21 bits per heavy atom. The van der Waals surface area contributed by atoms with Crippen molar-refractivity contribution in [2.75, 3.05) is 24.2 Å². The van der Waals surface area contributed by atoms with Crippen LogP contribution in [0.15, 0.2) is 6.07 Å². The van der Waals surface area contributed by atoms with Crippen molar-refractivity contribution in [2.45, 2.75) is 47.5 Å². The van der Waals surface area contributed by atoms with E-state index in [-0.39, 0.29) is 5.41 Å². The molecule has 0 aliphatic carbocycles. The fourth-order valence-corrected chi connectivity index (χ4v) is 1.57. The zero-order valence-corrected chi connectivity index (χ0v) is 13.2. The third-order valence-corrected chi connectivity index (χ3v) is 3.79. The van der Waals surface area contributed by atoms with E-state index in [2.05, 4.69) is 55.2 Å². The van der Waals surface area contributed by atoms with Crippen LogP contribution in [0.1, 0.15) is 46.9 Å². The van der Waals surface area contributed by atoms with Crippen molar-refractivity contribution in [3.05, 3.63) is 11.9 Å². The molecule has 19 heavy (non-hydrogen) atoms. The van der Waals surface area contributed by atoms with Crippen LogP contribution in [0.25, 0.3) is 0 Å². The fourth-order valence-electron chi connectivity index (χ4n) is 1.57. The van der Waals surface area contributed by atoms with Gasteiger partial charge in [0.25, 0.3) is 0 Å². The quantitative estimate of drug-likeness (QED) is 0.790. The van der Waals surface area contributed by atoms with Crippen molar-refractivity contribution in [3.8, 4) is 0 Å². The second-order valence-electron chi connectivity index (χ2n) is 6.05. The van der Waals surface area contributed by atoms with Crippen LogP contribution in [-0.4, -0.2) is 23.6 Å². The molecule has 0 saturated carbocycles. The van der Waals surface area contributed by atoms with Gasteiger partial charge in [0.05, 0.1) is 0 Å². The van der Waals surface area contributed by atoms with Gasteiger partial charge < -0.3 is 10.6 Å². The molecule has 0 atom stereocenters. The topological polar surface area (TPSA) is 49.8 Å². The average molecular weight is 264 g/mol. The summed E-state index contributed by atoms with van der Waals surface area (Å²) in [5.74, 6) is 3.32. The number of nitrogens with zero attached hydrogens (tertiary/aromatic N) is 2. The van der Waals surface area contributed by atoms with Crippen LogP contribution >= 0.6 is 0 Å². The number of hydrogen-bond donors (Lipinski definition) is 2. The molecular formula is C15H28N4. The third-order valence-electron chi connectivity index (χ3n) is 3.79. The van der Waals surface area contributed by atoms with Gasteiger partial charge in [-0.15, -0.1) is 0 Å². The molecule has 1 rings (SSSR count). The van der Waals surface area contributed by atoms with Crippen molar-refractivity contribution in [2.24, 2.45) is 11.3 Å². The fraction of sp³-hybridized carbons (Fsp3) is 0.733. The molecule has 0 aromatic carbocycles. The van der Waals surface area contributed by atoms with Crippen LogP contribution in [-0.2, 0) is 6.42 Å². The number of anilines is 2. The Balaban J connectivity index is 2.80. The van der Waals surface area contributed by atoms with E-state index in [1.807, 2.05) is 13.1 Å². The Kier molecular flexibility index (Phi) is 5.58. The first kappa shape index (κ1) is 15.7. The van der Waals surface area contributed by atoms with Crippen molar-refractivity contribution >= 4 is 11.6 Å². The van der Waals surface area contributed by atoms with Gasteiger partial charge in [0.2, 0.25) is 0 Å². The Morgan fingerprint density at radius 2 is 1.84 bits per heavy atom. The van der Waals surface area contributed by atoms with E-state index >= 15 is 0 Å². The second-order valence-corrected chi connectivity index (χ2v) is 6.05. The first-order valence-electron chi connectivity index (χ1n) is 7.18. The van der Waals surface area contributed by atoms with Gasteiger partial charge in [-0.3, -0.25) is 0 Å². The maximum atomic E-state index is 4.57. The van der Waals surface area contributed by atoms with Gasteiger partial charge in [0, 0.05) is 26.1 Å². The molecule has 1 aromatic rings. The molecule has 4 heteroatoms. The molecule has 0 bridgehead atoms. The summed E-state index contributed by atoms with van der Waals surface area (Å²) in [5, 5.41) is 6.54. The summed E-state index contributed by atoms with van der Waals surface area (Å²) in [4.78, 5) is 9.03. The zero-order chi connectivity index (χ0) is 14.5. The third kappa shape index (κ3) is 4.69. The molecule has 1 heterocycles. The molecule has 0 amide bonds. The van der Waals surface area contributed by atoms with Gasteiger partial charge in [0.15, 0.2) is 0 Å². The number of rotatable bonds is 7. The number of nitrogens with one attached hydrogen (secondary N) is 2. The van der Waals surface area contributed by atoms with E-state index in [4.69, 9.17) is 0 Å². The normalized spacial score (nSPS) is 11.7. The lowest BCUT2D eigenvalue weighted by molar-refractivity contribution is 0.269. The van der Waals surface area contributed by atoms with E-state index in [9.17, 15) is 0 Å². The van der Waals surface area contributed by atoms with Crippen LogP contribution in [0.5, 0.6) is 0 Å². The minimum atomic E-state index is 0.246. The maximum Gasteiger partial charge on any atom is 0.133 e. The van der Waals surface area contributed by atoms with E-state index in [0.717, 1.165) is 36.8 Å². The summed E-state index contributed by atoms with van der Waals surface area (Å²) < 4.78 is 0. The molecule has 0 fully saturated rings. The standard InChI is InChI=1S/C15H28N4/c1-7-8-12-18-13(16-6)9-14(19-12)17-10-15(4,5)11(2)3/h9,11H,7-8,10H2,1-6H3,(H2,16,17,18,19). The minimum Gasteiger partial charge on any atom is -0.373 e. The molecule has 4 nitrogen and oxygen atoms in total. The van der Waals surface area contributed by atoms with Crippen LogP contribution in [0.4, 0.5) is 11.6 Å². The van der Waals surface area contributed by atoms with E-state index in [1.54, 1.807) is 0 Å². The SMILES string of the molecule is CCCc1nc(NC)cc(NCC(C)(C)C(C)C)n1. The molecule has 0 aliphatic heterocycles. The Bertz CT molecular complexity index is 399. The summed E-state index contributed by atoms with van der Waals surface area (Å²) in [6.07, 6.45) is 1.97. The summed E-state index contributed by atoms with van der Waals surface area (Å²) in [6, 6.07) is 1.97. The lowest BCUT2D eigenvalue weighted by Gasteiger charge is -2.29. The summed E-state index contributed by atoms with van der Waals surface area (Å²) >= 11 is 0. The Morgan fingerprint density at radius 3 is 2.37 bits per heavy atom. The number of hydrogen-bond acceptors (Lipinski definition) is 4. The molecule has 0 aliphatic rings. The highest BCUT2D eigenvalue weighted by Crippen LogP contribution is 2.26. The van der Waals surface area contributed by atoms with Gasteiger partial charge in [-0.05, 0) is 17.8 Å². The largest absolute Gasteiger partial charge is 0.373 e. The van der Waals surface area contributed by atoms with Crippen LogP contribution in [0, 0.1) is 11.3 Å². The highest BCUT2D eigenvalue weighted by Gasteiger charge is 2.22. The maximum absolute atomic E-state index is 4.57. The van der Waals surface area contributed by atoms with Gasteiger partial charge in [-0.25, -0.2) is 9.97 Å². The Labute approximate surface area is 117 Å². The zero-order valence-electron chi connectivity index (χ0n) is 13.2. The first-order chi connectivity index (χ1) is 8.89. The summed E-state index contributed by atoms with van der Waals surface area (Å²) in [5.41, 5.74) is 0.246. The molecular weight excluding hydrogens is 236 g/mol. The molecule has 2 N–H and O–H groups in total. The number of aryl methyl sites for hydroxylation is 1. The molecule has 0 saturated heterocycles. The molecule has 108 valence electrons. The molecule has 1 aromatic heterocycles. The van der Waals surface area contributed by atoms with E-state index < -0.39 is 0 Å². The van der Waals surface area contributed by atoms with Crippen molar-refractivity contribution in [3.63, 3.8) is 0 Å². The monoisotopic (exact) mass is 264 g/mol. The van der Waals surface area contributed by atoms with Crippen molar-refractivity contribution < 1.29 is 0 Å². The highest BCUT2D eigenvalue weighted by atomic mass is 15.1. The van der Waals surface area contributed by atoms with Crippen molar-refractivity contribution in [1.82, 2.24) is 9.97 Å². The number of aromatic nitrogens is 2. The van der Waals surface area contributed by atoms with Crippen LogP contribution < -0.4 is 10.6 Å². The summed E-state index contributed by atoms with van der Waals surface area (Å²) in [6.45, 7) is 12.1. The second kappa shape index (κ2) is 6.73. The smallest absolute Gasteiger partial charge is 0.133 e. The van der Waals surface area contributed by atoms with Crippen LogP contribution in [0.2, 0.25) is 0 Å². The molecule has 0 radical (unpaired) electrons. The van der Waals surface area contributed by atoms with Gasteiger partial charge in [-0.2, -0.15) is 0 Å². The minimum absolute atomic E-state index is 0.246. The predicted molar refractivity (Wildman–Crippen MR) is 82.7 cm³/mol. The van der Waals surface area contributed by atoms with E-state index in [0.29, 0.717) is 5.92 Å². The predicted octanol–water partition coefficient (Wildman–Crippen LogP) is 3.56. The molecule has 0 unspecified atom stereocenters. The summed E-state index contributed by atoms with van der Waals surface area (Å²) in [7, 11) is 1.89. The molecule has 0 spiro atoms. The lowest BCUT2D eigenvalue weighted by atomic mass is 9.81. The highest BCUT2D eigenvalue weighted by molar-refractivity contribution is 5.47. The first-order valence-corrected chi connectivity index (χ1v) is 7.18. The lowest BCUT2D eigenvalue weighted by Crippen LogP contribution is -2.29.